The van der Waals surface area contributed by atoms with E-state index in [1.54, 1.807) is 10.9 Å². The number of aryl methyl sites for hydroxylation is 2. The molecule has 1 fully saturated rings. The standard InChI is InChI=1S/C25H28BrClN4O2/c1-30-25(22(26)17-28-30)21-16-20(9-10-23(21)33-15-14-31-12-2-3-13-31)29-24(32)11-6-18-4-7-19(27)8-5-18/h4-5,7-10,16-17H,2-3,6,11-15H2,1H3,(H,29,32). The van der Waals surface area contributed by atoms with Gasteiger partial charge in [-0.3, -0.25) is 14.4 Å². The van der Waals surface area contributed by atoms with Gasteiger partial charge in [-0.2, -0.15) is 5.10 Å². The molecule has 1 aromatic heterocycles. The van der Waals surface area contributed by atoms with Crippen molar-refractivity contribution in [1.29, 1.82) is 0 Å². The highest BCUT2D eigenvalue weighted by Crippen LogP contribution is 2.36. The number of hydrogen-bond acceptors (Lipinski definition) is 4. The Bertz CT molecular complexity index is 1070. The van der Waals surface area contributed by atoms with Crippen LogP contribution in [-0.4, -0.2) is 46.8 Å². The van der Waals surface area contributed by atoms with Crippen LogP contribution in [0.25, 0.3) is 11.3 Å². The molecular formula is C25H28BrClN4O2. The second-order valence-corrected chi connectivity index (χ2v) is 9.54. The van der Waals surface area contributed by atoms with E-state index < -0.39 is 0 Å². The highest BCUT2D eigenvalue weighted by Gasteiger charge is 2.17. The smallest absolute Gasteiger partial charge is 0.224 e. The van der Waals surface area contributed by atoms with E-state index in [1.807, 2.05) is 49.5 Å². The summed E-state index contributed by atoms with van der Waals surface area (Å²) in [5, 5.41) is 8.06. The minimum Gasteiger partial charge on any atom is -0.492 e. The Morgan fingerprint density at radius 1 is 1.18 bits per heavy atom. The zero-order chi connectivity index (χ0) is 23.2. The largest absolute Gasteiger partial charge is 0.492 e. The molecule has 1 aliphatic heterocycles. The summed E-state index contributed by atoms with van der Waals surface area (Å²) in [6, 6.07) is 13.3. The number of aromatic nitrogens is 2. The zero-order valence-corrected chi connectivity index (χ0v) is 21.0. The monoisotopic (exact) mass is 530 g/mol. The lowest BCUT2D eigenvalue weighted by Gasteiger charge is -2.18. The third kappa shape index (κ3) is 6.37. The van der Waals surface area contributed by atoms with Crippen LogP contribution in [0.4, 0.5) is 5.69 Å². The van der Waals surface area contributed by atoms with Gasteiger partial charge in [-0.05, 0) is 84.2 Å². The van der Waals surface area contributed by atoms with E-state index >= 15 is 0 Å². The summed E-state index contributed by atoms with van der Waals surface area (Å²) in [5.74, 6) is 0.736. The number of anilines is 1. The van der Waals surface area contributed by atoms with Crippen molar-refractivity contribution in [3.8, 4) is 17.0 Å². The predicted octanol–water partition coefficient (Wildman–Crippen LogP) is 5.55. The van der Waals surface area contributed by atoms with Crippen molar-refractivity contribution in [2.24, 2.45) is 7.05 Å². The fourth-order valence-corrected chi connectivity index (χ4v) is 4.74. The normalized spacial score (nSPS) is 13.9. The van der Waals surface area contributed by atoms with Crippen LogP contribution in [0.15, 0.2) is 53.1 Å². The molecule has 174 valence electrons. The molecule has 2 aromatic carbocycles. The Balaban J connectivity index is 1.46. The molecule has 33 heavy (non-hydrogen) atoms. The number of likely N-dealkylation sites (tertiary alicyclic amines) is 1. The fourth-order valence-electron chi connectivity index (χ4n) is 4.06. The molecule has 8 heteroatoms. The molecule has 0 unspecified atom stereocenters. The van der Waals surface area contributed by atoms with E-state index in [1.165, 1.54) is 12.8 Å². The van der Waals surface area contributed by atoms with Crippen LogP contribution in [0.2, 0.25) is 5.02 Å². The van der Waals surface area contributed by atoms with Crippen LogP contribution >= 0.6 is 27.5 Å². The van der Waals surface area contributed by atoms with Gasteiger partial charge < -0.3 is 10.1 Å². The van der Waals surface area contributed by atoms with E-state index in [0.717, 1.165) is 52.4 Å². The molecule has 0 bridgehead atoms. The molecule has 0 atom stereocenters. The van der Waals surface area contributed by atoms with Crippen LogP contribution in [0.3, 0.4) is 0 Å². The number of carbonyl (C=O) groups is 1. The lowest BCUT2D eigenvalue weighted by Crippen LogP contribution is -2.25. The third-order valence-corrected chi connectivity index (χ3v) is 6.66. The first kappa shape index (κ1) is 23.8. The predicted molar refractivity (Wildman–Crippen MR) is 136 cm³/mol. The summed E-state index contributed by atoms with van der Waals surface area (Å²) in [5.41, 5.74) is 3.60. The number of ether oxygens (including phenoxy) is 1. The molecule has 2 heterocycles. The van der Waals surface area contributed by atoms with Gasteiger partial charge in [0.15, 0.2) is 0 Å². The van der Waals surface area contributed by atoms with Crippen molar-refractivity contribution >= 4 is 39.1 Å². The number of halogens is 2. The van der Waals surface area contributed by atoms with Crippen LogP contribution in [-0.2, 0) is 18.3 Å². The molecule has 1 aliphatic rings. The number of carbonyl (C=O) groups excluding carboxylic acids is 1. The number of rotatable bonds is 9. The molecule has 0 saturated carbocycles. The Labute approximate surface area is 208 Å². The molecule has 4 rings (SSSR count). The molecule has 3 aromatic rings. The number of nitrogens with one attached hydrogen (secondary N) is 1. The van der Waals surface area contributed by atoms with E-state index in [9.17, 15) is 4.79 Å². The van der Waals surface area contributed by atoms with Gasteiger partial charge in [0, 0.05) is 36.3 Å². The molecule has 1 amide bonds. The minimum absolute atomic E-state index is 0.0392. The zero-order valence-electron chi connectivity index (χ0n) is 18.7. The van der Waals surface area contributed by atoms with Gasteiger partial charge in [0.1, 0.15) is 12.4 Å². The van der Waals surface area contributed by atoms with Gasteiger partial charge in [-0.25, -0.2) is 0 Å². The van der Waals surface area contributed by atoms with Crippen LogP contribution < -0.4 is 10.1 Å². The lowest BCUT2D eigenvalue weighted by molar-refractivity contribution is -0.116. The first-order valence-electron chi connectivity index (χ1n) is 11.2. The van der Waals surface area contributed by atoms with Crippen molar-refractivity contribution < 1.29 is 9.53 Å². The highest BCUT2D eigenvalue weighted by atomic mass is 79.9. The summed E-state index contributed by atoms with van der Waals surface area (Å²) in [4.78, 5) is 15.0. The fraction of sp³-hybridized carbons (Fsp3) is 0.360. The van der Waals surface area contributed by atoms with Crippen LogP contribution in [0.5, 0.6) is 5.75 Å². The number of hydrogen-bond donors (Lipinski definition) is 1. The van der Waals surface area contributed by atoms with Crippen molar-refractivity contribution in [2.45, 2.75) is 25.7 Å². The van der Waals surface area contributed by atoms with Gasteiger partial charge in [0.25, 0.3) is 0 Å². The van der Waals surface area contributed by atoms with Crippen molar-refractivity contribution in [3.05, 3.63) is 63.7 Å². The topological polar surface area (TPSA) is 59.4 Å². The first-order valence-corrected chi connectivity index (χ1v) is 12.4. The summed E-state index contributed by atoms with van der Waals surface area (Å²) in [6.45, 7) is 3.82. The summed E-state index contributed by atoms with van der Waals surface area (Å²) >= 11 is 9.53. The van der Waals surface area contributed by atoms with E-state index in [4.69, 9.17) is 16.3 Å². The molecule has 1 N–H and O–H groups in total. The maximum atomic E-state index is 12.6. The van der Waals surface area contributed by atoms with E-state index in [2.05, 4.69) is 31.2 Å². The minimum atomic E-state index is -0.0392. The van der Waals surface area contributed by atoms with Gasteiger partial charge in [-0.15, -0.1) is 0 Å². The average molecular weight is 532 g/mol. The molecule has 6 nitrogen and oxygen atoms in total. The third-order valence-electron chi connectivity index (χ3n) is 5.83. The molecule has 0 aliphatic carbocycles. The highest BCUT2D eigenvalue weighted by molar-refractivity contribution is 9.10. The maximum Gasteiger partial charge on any atom is 0.224 e. The Kier molecular flexibility index (Phi) is 8.06. The maximum absolute atomic E-state index is 12.6. The van der Waals surface area contributed by atoms with Gasteiger partial charge in [0.2, 0.25) is 5.91 Å². The van der Waals surface area contributed by atoms with Gasteiger partial charge in [-0.1, -0.05) is 23.7 Å². The lowest BCUT2D eigenvalue weighted by atomic mass is 10.1. The summed E-state index contributed by atoms with van der Waals surface area (Å²) in [6.07, 6.45) is 5.33. The second-order valence-electron chi connectivity index (χ2n) is 8.25. The Morgan fingerprint density at radius 2 is 1.94 bits per heavy atom. The van der Waals surface area contributed by atoms with Crippen LogP contribution in [0, 0.1) is 0 Å². The van der Waals surface area contributed by atoms with Gasteiger partial charge in [0.05, 0.1) is 16.4 Å². The number of benzene rings is 2. The first-order chi connectivity index (χ1) is 16.0. The molecule has 1 saturated heterocycles. The van der Waals surface area contributed by atoms with Crippen molar-refractivity contribution in [2.75, 3.05) is 31.6 Å². The summed E-state index contributed by atoms with van der Waals surface area (Å²) in [7, 11) is 1.89. The number of nitrogens with zero attached hydrogens (tertiary/aromatic N) is 3. The van der Waals surface area contributed by atoms with E-state index in [-0.39, 0.29) is 5.91 Å². The van der Waals surface area contributed by atoms with Crippen LogP contribution in [0.1, 0.15) is 24.8 Å². The average Bonchev–Trinajstić information content (AvgIpc) is 3.44. The van der Waals surface area contributed by atoms with Crippen molar-refractivity contribution in [1.82, 2.24) is 14.7 Å². The molecule has 0 radical (unpaired) electrons. The Morgan fingerprint density at radius 3 is 2.64 bits per heavy atom. The molecule has 0 spiro atoms. The Hall–Kier alpha value is -2.35. The summed E-state index contributed by atoms with van der Waals surface area (Å²) < 4.78 is 8.86. The van der Waals surface area contributed by atoms with Crippen molar-refractivity contribution in [3.63, 3.8) is 0 Å². The second kappa shape index (κ2) is 11.2. The van der Waals surface area contributed by atoms with Gasteiger partial charge >= 0.3 is 0 Å². The SMILES string of the molecule is Cn1ncc(Br)c1-c1cc(NC(=O)CCc2ccc(Cl)cc2)ccc1OCCN1CCCC1. The quantitative estimate of drug-likeness (QED) is 0.393. The molecular weight excluding hydrogens is 504 g/mol. The van der Waals surface area contributed by atoms with E-state index in [0.29, 0.717) is 24.5 Å². The number of amides is 1.